The van der Waals surface area contributed by atoms with Gasteiger partial charge < -0.3 is 14.8 Å². The molecule has 1 aromatic carbocycles. The maximum Gasteiger partial charge on any atom is 0.209 e. The maximum absolute atomic E-state index is 8.87. The minimum absolute atomic E-state index is 0.570. The van der Waals surface area contributed by atoms with Gasteiger partial charge in [-0.2, -0.15) is 5.26 Å². The van der Waals surface area contributed by atoms with Crippen molar-refractivity contribution in [1.29, 1.82) is 5.26 Å². The van der Waals surface area contributed by atoms with Gasteiger partial charge in [-0.15, -0.1) is 0 Å². The Kier molecular flexibility index (Phi) is 5.94. The van der Waals surface area contributed by atoms with Crippen molar-refractivity contribution in [2.45, 2.75) is 12.8 Å². The molecule has 0 aliphatic heterocycles. The first-order chi connectivity index (χ1) is 15.2. The molecule has 0 radical (unpaired) electrons. The number of rotatable bonds is 8. The molecule has 8 nitrogen and oxygen atoms in total. The lowest BCUT2D eigenvalue weighted by Crippen LogP contribution is -2.09. The van der Waals surface area contributed by atoms with Crippen LogP contribution in [-0.2, 0) is 6.42 Å². The number of benzene rings is 1. The summed E-state index contributed by atoms with van der Waals surface area (Å²) in [5.74, 6) is 2.03. The minimum atomic E-state index is 0.570. The van der Waals surface area contributed by atoms with Crippen LogP contribution in [0, 0.1) is 11.3 Å². The van der Waals surface area contributed by atoms with E-state index in [1.54, 1.807) is 32.7 Å². The molecule has 0 spiro atoms. The molecule has 0 atom stereocenters. The normalized spacial score (nSPS) is 10.6. The summed E-state index contributed by atoms with van der Waals surface area (Å²) in [4.78, 5) is 13.5. The smallest absolute Gasteiger partial charge is 0.209 e. The summed E-state index contributed by atoms with van der Waals surface area (Å²) in [6.45, 7) is 0.720. The first-order valence-corrected chi connectivity index (χ1v) is 9.87. The number of pyridine rings is 1. The third kappa shape index (κ3) is 4.41. The summed E-state index contributed by atoms with van der Waals surface area (Å²) in [6, 6.07) is 13.4. The van der Waals surface area contributed by atoms with Gasteiger partial charge in [-0.05, 0) is 43.2 Å². The van der Waals surface area contributed by atoms with Crippen LogP contribution in [0.1, 0.15) is 17.7 Å². The third-order valence-corrected chi connectivity index (χ3v) is 4.92. The van der Waals surface area contributed by atoms with Crippen LogP contribution in [0.15, 0.2) is 55.0 Å². The van der Waals surface area contributed by atoms with Crippen LogP contribution in [-0.4, -0.2) is 40.1 Å². The topological polar surface area (TPSA) is 97.4 Å². The van der Waals surface area contributed by atoms with Gasteiger partial charge in [0.15, 0.2) is 11.5 Å². The fraction of sp³-hybridized carbons (Fsp3) is 0.217. The fourth-order valence-electron chi connectivity index (χ4n) is 3.30. The molecule has 0 amide bonds. The Labute approximate surface area is 180 Å². The van der Waals surface area contributed by atoms with Crippen molar-refractivity contribution in [3.8, 4) is 28.8 Å². The second-order valence-corrected chi connectivity index (χ2v) is 6.87. The van der Waals surface area contributed by atoms with E-state index < -0.39 is 0 Å². The monoisotopic (exact) mass is 414 g/mol. The lowest BCUT2D eigenvalue weighted by molar-refractivity contribution is 0.355. The van der Waals surface area contributed by atoms with Gasteiger partial charge in [0.2, 0.25) is 5.95 Å². The fourth-order valence-corrected chi connectivity index (χ4v) is 3.30. The van der Waals surface area contributed by atoms with E-state index in [1.165, 1.54) is 0 Å². The van der Waals surface area contributed by atoms with Gasteiger partial charge in [-0.3, -0.25) is 9.38 Å². The highest BCUT2D eigenvalue weighted by Crippen LogP contribution is 2.32. The van der Waals surface area contributed by atoms with E-state index in [4.69, 9.17) is 19.7 Å². The highest BCUT2D eigenvalue weighted by atomic mass is 16.5. The van der Waals surface area contributed by atoms with Gasteiger partial charge in [0.25, 0.3) is 0 Å². The van der Waals surface area contributed by atoms with Crippen molar-refractivity contribution in [2.75, 3.05) is 26.1 Å². The van der Waals surface area contributed by atoms with Crippen LogP contribution >= 0.6 is 0 Å². The van der Waals surface area contributed by atoms with Crippen molar-refractivity contribution in [2.24, 2.45) is 0 Å². The minimum Gasteiger partial charge on any atom is -0.493 e. The van der Waals surface area contributed by atoms with Crippen molar-refractivity contribution < 1.29 is 9.47 Å². The van der Waals surface area contributed by atoms with E-state index in [0.29, 0.717) is 23.0 Å². The van der Waals surface area contributed by atoms with E-state index >= 15 is 0 Å². The maximum atomic E-state index is 8.87. The molecule has 4 rings (SSSR count). The predicted octanol–water partition coefficient (Wildman–Crippen LogP) is 3.72. The first-order valence-electron chi connectivity index (χ1n) is 9.87. The van der Waals surface area contributed by atoms with Gasteiger partial charge in [-0.1, -0.05) is 0 Å². The van der Waals surface area contributed by atoms with E-state index in [0.717, 1.165) is 42.0 Å². The molecule has 8 heteroatoms. The summed E-state index contributed by atoms with van der Waals surface area (Å²) in [5.41, 5.74) is 4.03. The molecule has 0 saturated carbocycles. The van der Waals surface area contributed by atoms with Crippen molar-refractivity contribution >= 4 is 11.6 Å². The zero-order valence-corrected chi connectivity index (χ0v) is 17.4. The number of nitrogens with zero attached hydrogens (tertiary/aromatic N) is 5. The highest BCUT2D eigenvalue weighted by molar-refractivity contribution is 5.68. The predicted molar refractivity (Wildman–Crippen MR) is 117 cm³/mol. The summed E-state index contributed by atoms with van der Waals surface area (Å²) < 4.78 is 12.7. The summed E-state index contributed by atoms with van der Waals surface area (Å²) in [6.07, 6.45) is 6.91. The Hall–Kier alpha value is -4.12. The van der Waals surface area contributed by atoms with Gasteiger partial charge in [0, 0.05) is 42.5 Å². The van der Waals surface area contributed by atoms with Crippen LogP contribution < -0.4 is 14.8 Å². The molecular formula is C23H22N6O2. The van der Waals surface area contributed by atoms with E-state index in [9.17, 15) is 0 Å². The van der Waals surface area contributed by atoms with Crippen LogP contribution in [0.3, 0.4) is 0 Å². The number of aromatic nitrogens is 4. The molecule has 3 heterocycles. The Balaban J connectivity index is 1.51. The zero-order valence-electron chi connectivity index (χ0n) is 17.4. The number of ether oxygens (including phenoxy) is 2. The molecule has 0 aliphatic rings. The van der Waals surface area contributed by atoms with Crippen molar-refractivity contribution in [3.05, 3.63) is 66.2 Å². The van der Waals surface area contributed by atoms with Crippen molar-refractivity contribution in [1.82, 2.24) is 19.4 Å². The average Bonchev–Trinajstić information content (AvgIpc) is 3.30. The molecule has 1 N–H and O–H groups in total. The number of aryl methyl sites for hydroxylation is 1. The van der Waals surface area contributed by atoms with Gasteiger partial charge in [0.1, 0.15) is 11.7 Å². The number of methoxy groups -OCH3 is 2. The highest BCUT2D eigenvalue weighted by Gasteiger charge is 2.11. The van der Waals surface area contributed by atoms with E-state index in [1.807, 2.05) is 40.9 Å². The Morgan fingerprint density at radius 2 is 1.94 bits per heavy atom. The number of nitrogens with one attached hydrogen (secondary N) is 1. The second kappa shape index (κ2) is 9.13. The summed E-state index contributed by atoms with van der Waals surface area (Å²) >= 11 is 0. The van der Waals surface area contributed by atoms with Crippen molar-refractivity contribution in [3.63, 3.8) is 0 Å². The Morgan fingerprint density at radius 1 is 1.06 bits per heavy atom. The standard InChI is InChI=1S/C23H22N6O2/c1-30-20-8-6-17(12-21(20)31-2)19-13-22-25-10-11-29(22)23(28-19)26-9-3-4-18-7-5-16(14-24)15-27-18/h5-8,10-13,15H,3-4,9H2,1-2H3,(H,26,28). The summed E-state index contributed by atoms with van der Waals surface area (Å²) in [7, 11) is 3.23. The van der Waals surface area contributed by atoms with Crippen LogP contribution in [0.5, 0.6) is 11.5 Å². The Bertz CT molecular complexity index is 1230. The lowest BCUT2D eigenvalue weighted by Gasteiger charge is -2.12. The van der Waals surface area contributed by atoms with Crippen LogP contribution in [0.4, 0.5) is 5.95 Å². The molecule has 0 fully saturated rings. The molecule has 0 aliphatic carbocycles. The van der Waals surface area contributed by atoms with Gasteiger partial charge in [0.05, 0.1) is 25.5 Å². The number of fused-ring (bicyclic) bond motifs is 1. The van der Waals surface area contributed by atoms with Gasteiger partial charge >= 0.3 is 0 Å². The number of hydrogen-bond donors (Lipinski definition) is 1. The third-order valence-electron chi connectivity index (χ3n) is 4.92. The Morgan fingerprint density at radius 3 is 2.68 bits per heavy atom. The number of nitriles is 1. The summed E-state index contributed by atoms with van der Waals surface area (Å²) in [5, 5.41) is 12.3. The van der Waals surface area contributed by atoms with Crippen LogP contribution in [0.2, 0.25) is 0 Å². The molecule has 0 bridgehead atoms. The SMILES string of the molecule is COc1ccc(-c2cc3nccn3c(NCCCc3ccc(C#N)cn3)n2)cc1OC. The van der Waals surface area contributed by atoms with E-state index in [2.05, 4.69) is 21.4 Å². The lowest BCUT2D eigenvalue weighted by atomic mass is 10.1. The molecule has 4 aromatic rings. The molecule has 31 heavy (non-hydrogen) atoms. The first kappa shape index (κ1) is 20.2. The quantitative estimate of drug-likeness (QED) is 0.439. The average molecular weight is 414 g/mol. The molecule has 0 unspecified atom stereocenters. The largest absolute Gasteiger partial charge is 0.493 e. The zero-order chi connectivity index (χ0) is 21.6. The molecule has 156 valence electrons. The second-order valence-electron chi connectivity index (χ2n) is 6.87. The molecule has 0 saturated heterocycles. The molecular weight excluding hydrogens is 392 g/mol. The molecule has 3 aromatic heterocycles. The number of anilines is 1. The number of imidazole rings is 1. The van der Waals surface area contributed by atoms with Gasteiger partial charge in [-0.25, -0.2) is 9.97 Å². The van der Waals surface area contributed by atoms with Crippen LogP contribution in [0.25, 0.3) is 16.9 Å². The van der Waals surface area contributed by atoms with E-state index in [-0.39, 0.29) is 0 Å². The number of hydrogen-bond acceptors (Lipinski definition) is 7.